The molecular weight excluding hydrogens is 455 g/mol. The van der Waals surface area contributed by atoms with Crippen molar-refractivity contribution >= 4 is 40.3 Å². The van der Waals surface area contributed by atoms with Gasteiger partial charge in [-0.3, -0.25) is 10.1 Å². The minimum Gasteiger partial charge on any atom is -0.497 e. The van der Waals surface area contributed by atoms with Gasteiger partial charge in [0.05, 0.1) is 41.1 Å². The average Bonchev–Trinajstić information content (AvgIpc) is 2.74. The number of rotatable bonds is 7. The third kappa shape index (κ3) is 4.91. The van der Waals surface area contributed by atoms with Gasteiger partial charge in [0.15, 0.2) is 0 Å². The molecule has 0 aliphatic heterocycles. The monoisotopic (exact) mass is 469 g/mol. The maximum Gasteiger partial charge on any atom is 0.416 e. The number of nitrogens with one attached hydrogen (secondary N) is 2. The fraction of sp³-hybridized carbons (Fsp3) is 0.158. The summed E-state index contributed by atoms with van der Waals surface area (Å²) in [5.74, 6) is 0.186. The number of methoxy groups -OCH3 is 2. The number of hydrogen-bond donors (Lipinski definition) is 2. The molecule has 0 aliphatic carbocycles. The third-order valence-electron chi connectivity index (χ3n) is 4.21. The minimum absolute atomic E-state index is 0.0881. The van der Waals surface area contributed by atoms with Crippen LogP contribution in [0.5, 0.6) is 11.5 Å². The standard InChI is InChI=1S/C19H15ClF3N5O4/c1-31-11-4-6-15(32-2)14(8-11)27-18-16(28(29)30)17(24-9-25-18)26-13-7-10(19(21,22)23)3-5-12(13)20/h3-9H,1-2H3,(H2,24,25,26,27). The van der Waals surface area contributed by atoms with E-state index in [4.69, 9.17) is 21.1 Å². The lowest BCUT2D eigenvalue weighted by Crippen LogP contribution is -2.08. The molecule has 9 nitrogen and oxygen atoms in total. The molecule has 3 rings (SSSR count). The molecule has 1 heterocycles. The molecule has 0 amide bonds. The summed E-state index contributed by atoms with van der Waals surface area (Å²) in [6.07, 6.45) is -3.62. The maximum atomic E-state index is 13.0. The first-order chi connectivity index (χ1) is 15.1. The van der Waals surface area contributed by atoms with E-state index in [1.165, 1.54) is 20.3 Å². The van der Waals surface area contributed by atoms with E-state index < -0.39 is 22.4 Å². The van der Waals surface area contributed by atoms with Gasteiger partial charge in [-0.1, -0.05) is 11.6 Å². The van der Waals surface area contributed by atoms with Crippen LogP contribution < -0.4 is 20.1 Å². The van der Waals surface area contributed by atoms with Gasteiger partial charge in [-0.25, -0.2) is 9.97 Å². The second-order valence-corrected chi connectivity index (χ2v) is 6.59. The molecular formula is C19H15ClF3N5O4. The lowest BCUT2D eigenvalue weighted by atomic mass is 10.2. The third-order valence-corrected chi connectivity index (χ3v) is 4.54. The van der Waals surface area contributed by atoms with Gasteiger partial charge in [-0.05, 0) is 30.3 Å². The number of aromatic nitrogens is 2. The van der Waals surface area contributed by atoms with Gasteiger partial charge >= 0.3 is 11.9 Å². The van der Waals surface area contributed by atoms with Crippen molar-refractivity contribution in [1.82, 2.24) is 9.97 Å². The van der Waals surface area contributed by atoms with Crippen molar-refractivity contribution in [2.24, 2.45) is 0 Å². The fourth-order valence-corrected chi connectivity index (χ4v) is 2.86. The number of nitrogens with zero attached hydrogens (tertiary/aromatic N) is 3. The quantitative estimate of drug-likeness (QED) is 0.341. The highest BCUT2D eigenvalue weighted by Crippen LogP contribution is 2.39. The Morgan fingerprint density at radius 2 is 1.66 bits per heavy atom. The highest BCUT2D eigenvalue weighted by Gasteiger charge is 2.31. The number of hydrogen-bond acceptors (Lipinski definition) is 8. The zero-order chi connectivity index (χ0) is 23.5. The van der Waals surface area contributed by atoms with Crippen LogP contribution in [0.1, 0.15) is 5.56 Å². The highest BCUT2D eigenvalue weighted by molar-refractivity contribution is 6.33. The molecule has 13 heteroatoms. The van der Waals surface area contributed by atoms with E-state index in [9.17, 15) is 23.3 Å². The van der Waals surface area contributed by atoms with E-state index in [1.54, 1.807) is 12.1 Å². The Hall–Kier alpha value is -3.80. The maximum absolute atomic E-state index is 13.0. The van der Waals surface area contributed by atoms with Crippen molar-refractivity contribution in [3.63, 3.8) is 0 Å². The van der Waals surface area contributed by atoms with Crippen LogP contribution in [0.3, 0.4) is 0 Å². The molecule has 1 aromatic heterocycles. The Kier molecular flexibility index (Phi) is 6.53. The lowest BCUT2D eigenvalue weighted by molar-refractivity contribution is -0.383. The van der Waals surface area contributed by atoms with E-state index in [2.05, 4.69) is 20.6 Å². The van der Waals surface area contributed by atoms with Crippen LogP contribution in [0.15, 0.2) is 42.7 Å². The SMILES string of the molecule is COc1ccc(OC)c(Nc2ncnc(Nc3cc(C(F)(F)F)ccc3Cl)c2[N+](=O)[O-])c1. The molecule has 2 aromatic carbocycles. The van der Waals surface area contributed by atoms with Crippen LogP contribution >= 0.6 is 11.6 Å². The fourth-order valence-electron chi connectivity index (χ4n) is 2.70. The molecule has 2 N–H and O–H groups in total. The second-order valence-electron chi connectivity index (χ2n) is 6.19. The Morgan fingerprint density at radius 1 is 1.00 bits per heavy atom. The van der Waals surface area contributed by atoms with Crippen LogP contribution in [0.4, 0.5) is 41.9 Å². The van der Waals surface area contributed by atoms with Crippen molar-refractivity contribution in [3.8, 4) is 11.5 Å². The van der Waals surface area contributed by atoms with Crippen LogP contribution in [-0.4, -0.2) is 29.1 Å². The first kappa shape index (κ1) is 22.9. The Bertz CT molecular complexity index is 1160. The first-order valence-electron chi connectivity index (χ1n) is 8.76. The lowest BCUT2D eigenvalue weighted by Gasteiger charge is -2.14. The molecule has 0 spiro atoms. The molecule has 0 bridgehead atoms. The summed E-state index contributed by atoms with van der Waals surface area (Å²) in [5, 5.41) is 17.0. The number of halogens is 4. The van der Waals surface area contributed by atoms with E-state index in [0.29, 0.717) is 17.2 Å². The van der Waals surface area contributed by atoms with E-state index in [1.807, 2.05) is 0 Å². The number of anilines is 4. The van der Waals surface area contributed by atoms with Gasteiger partial charge in [0, 0.05) is 6.07 Å². The van der Waals surface area contributed by atoms with E-state index >= 15 is 0 Å². The van der Waals surface area contributed by atoms with Crippen LogP contribution in [0, 0.1) is 10.1 Å². The summed E-state index contributed by atoms with van der Waals surface area (Å²) in [6.45, 7) is 0. The number of nitro groups is 1. The van der Waals surface area contributed by atoms with Crippen molar-refractivity contribution in [1.29, 1.82) is 0 Å². The minimum atomic E-state index is -4.63. The molecule has 0 aliphatic rings. The molecule has 3 aromatic rings. The van der Waals surface area contributed by atoms with Crippen LogP contribution in [0.2, 0.25) is 5.02 Å². The molecule has 0 saturated carbocycles. The summed E-state index contributed by atoms with van der Waals surface area (Å²) < 4.78 is 49.5. The van der Waals surface area contributed by atoms with Gasteiger partial charge in [0.25, 0.3) is 0 Å². The molecule has 0 radical (unpaired) electrons. The number of benzene rings is 2. The summed E-state index contributed by atoms with van der Waals surface area (Å²) >= 11 is 5.98. The Morgan fingerprint density at radius 3 is 2.22 bits per heavy atom. The zero-order valence-electron chi connectivity index (χ0n) is 16.5. The molecule has 0 fully saturated rings. The molecule has 0 atom stereocenters. The summed E-state index contributed by atoms with van der Waals surface area (Å²) in [6, 6.07) is 7.29. The van der Waals surface area contributed by atoms with Crippen molar-refractivity contribution in [2.75, 3.05) is 24.9 Å². The van der Waals surface area contributed by atoms with Gasteiger partial charge in [-0.2, -0.15) is 13.2 Å². The predicted molar refractivity (Wildman–Crippen MR) is 111 cm³/mol. The summed E-state index contributed by atoms with van der Waals surface area (Å²) in [4.78, 5) is 18.7. The second kappa shape index (κ2) is 9.14. The van der Waals surface area contributed by atoms with Crippen molar-refractivity contribution < 1.29 is 27.6 Å². The first-order valence-corrected chi connectivity index (χ1v) is 9.14. The largest absolute Gasteiger partial charge is 0.497 e. The van der Waals surface area contributed by atoms with Crippen molar-refractivity contribution in [3.05, 3.63) is 63.4 Å². The van der Waals surface area contributed by atoms with Crippen LogP contribution in [0.25, 0.3) is 0 Å². The molecule has 168 valence electrons. The van der Waals surface area contributed by atoms with E-state index in [-0.39, 0.29) is 22.3 Å². The number of ether oxygens (including phenoxy) is 2. The van der Waals surface area contributed by atoms with Crippen molar-refractivity contribution in [2.45, 2.75) is 6.18 Å². The van der Waals surface area contributed by atoms with E-state index in [0.717, 1.165) is 24.5 Å². The highest BCUT2D eigenvalue weighted by atomic mass is 35.5. The average molecular weight is 470 g/mol. The normalized spacial score (nSPS) is 11.1. The molecule has 32 heavy (non-hydrogen) atoms. The van der Waals surface area contributed by atoms with Crippen LogP contribution in [-0.2, 0) is 6.18 Å². The van der Waals surface area contributed by atoms with Gasteiger partial charge in [0.2, 0.25) is 11.6 Å². The zero-order valence-corrected chi connectivity index (χ0v) is 17.3. The molecule has 0 unspecified atom stereocenters. The van der Waals surface area contributed by atoms with Gasteiger partial charge < -0.3 is 20.1 Å². The number of alkyl halides is 3. The summed E-state index contributed by atoms with van der Waals surface area (Å²) in [5.41, 5.74) is -1.52. The predicted octanol–water partition coefficient (Wildman–Crippen LogP) is 5.56. The Balaban J connectivity index is 2.05. The summed E-state index contributed by atoms with van der Waals surface area (Å²) in [7, 11) is 2.85. The molecule has 0 saturated heterocycles. The Labute approximate surface area is 184 Å². The smallest absolute Gasteiger partial charge is 0.416 e. The van der Waals surface area contributed by atoms with Gasteiger partial charge in [-0.15, -0.1) is 0 Å². The topological polar surface area (TPSA) is 111 Å². The van der Waals surface area contributed by atoms with Gasteiger partial charge in [0.1, 0.15) is 17.8 Å².